The molecule has 2 atom stereocenters. The van der Waals surface area contributed by atoms with Crippen molar-refractivity contribution in [2.75, 3.05) is 20.2 Å². The lowest BCUT2D eigenvalue weighted by Gasteiger charge is -2.38. The van der Waals surface area contributed by atoms with Gasteiger partial charge >= 0.3 is 5.97 Å². The average Bonchev–Trinajstić information content (AvgIpc) is 3.21. The standard InChI is InChI=1S/C19H21ClN4O3S/c1-11-21-19-24(22-11)17(25)16(28-19)15(12-3-5-14(20)6-4-12)23-9-7-13(8-10-23)18(26)27-2/h3-6,13,15-16H,7-10H2,1-2H3. The van der Waals surface area contributed by atoms with Crippen LogP contribution in [0.5, 0.6) is 0 Å². The number of fused-ring (bicyclic) bond motifs is 1. The molecule has 2 aliphatic heterocycles. The maximum atomic E-state index is 13.1. The second-order valence-corrected chi connectivity index (χ2v) is 8.61. The molecule has 28 heavy (non-hydrogen) atoms. The quantitative estimate of drug-likeness (QED) is 0.703. The minimum Gasteiger partial charge on any atom is -0.469 e. The van der Waals surface area contributed by atoms with E-state index in [1.807, 2.05) is 24.3 Å². The molecule has 0 N–H and O–H groups in total. The molecule has 0 saturated carbocycles. The molecule has 0 amide bonds. The normalized spacial score (nSPS) is 21.5. The number of halogens is 1. The smallest absolute Gasteiger partial charge is 0.308 e. The Balaban J connectivity index is 1.61. The van der Waals surface area contributed by atoms with E-state index >= 15 is 0 Å². The predicted molar refractivity (Wildman–Crippen MR) is 106 cm³/mol. The molecule has 9 heteroatoms. The van der Waals surface area contributed by atoms with Crippen LogP contribution in [0.15, 0.2) is 29.4 Å². The van der Waals surface area contributed by atoms with Crippen LogP contribution in [-0.2, 0) is 9.53 Å². The predicted octanol–water partition coefficient (Wildman–Crippen LogP) is 2.98. The Kier molecular flexibility index (Phi) is 5.44. The largest absolute Gasteiger partial charge is 0.469 e. The number of thioether (sulfide) groups is 1. The number of hydrogen-bond donors (Lipinski definition) is 0. The summed E-state index contributed by atoms with van der Waals surface area (Å²) in [5, 5.41) is 5.19. The van der Waals surface area contributed by atoms with E-state index in [1.54, 1.807) is 6.92 Å². The second-order valence-electron chi connectivity index (χ2n) is 7.06. The molecule has 0 aliphatic carbocycles. The maximum Gasteiger partial charge on any atom is 0.308 e. The number of ether oxygens (including phenoxy) is 1. The van der Waals surface area contributed by atoms with Crippen LogP contribution in [0.4, 0.5) is 0 Å². The monoisotopic (exact) mass is 420 g/mol. The first-order chi connectivity index (χ1) is 13.5. The number of nitrogens with zero attached hydrogens (tertiary/aromatic N) is 4. The van der Waals surface area contributed by atoms with Crippen LogP contribution in [0.3, 0.4) is 0 Å². The van der Waals surface area contributed by atoms with Gasteiger partial charge in [0, 0.05) is 5.02 Å². The Morgan fingerprint density at radius 1 is 1.29 bits per heavy atom. The van der Waals surface area contributed by atoms with Gasteiger partial charge in [-0.05, 0) is 50.6 Å². The Labute approximate surface area is 172 Å². The Hall–Kier alpha value is -1.90. The fourth-order valence-electron chi connectivity index (χ4n) is 3.92. The summed E-state index contributed by atoms with van der Waals surface area (Å²) >= 11 is 7.52. The van der Waals surface area contributed by atoms with Crippen molar-refractivity contribution in [3.63, 3.8) is 0 Å². The topological polar surface area (TPSA) is 77.3 Å². The Bertz CT molecular complexity index is 893. The number of rotatable bonds is 4. The second kappa shape index (κ2) is 7.85. The van der Waals surface area contributed by atoms with Crippen molar-refractivity contribution in [2.45, 2.75) is 36.2 Å². The molecule has 2 aromatic rings. The summed E-state index contributed by atoms with van der Waals surface area (Å²) in [6, 6.07) is 7.48. The van der Waals surface area contributed by atoms with Gasteiger partial charge < -0.3 is 4.74 Å². The Morgan fingerprint density at radius 3 is 2.57 bits per heavy atom. The first kappa shape index (κ1) is 19.4. The highest BCUT2D eigenvalue weighted by atomic mass is 35.5. The van der Waals surface area contributed by atoms with Crippen molar-refractivity contribution in [3.8, 4) is 0 Å². The summed E-state index contributed by atoms with van der Waals surface area (Å²) in [6.45, 7) is 3.21. The summed E-state index contributed by atoms with van der Waals surface area (Å²) in [7, 11) is 1.43. The average molecular weight is 421 g/mol. The van der Waals surface area contributed by atoms with Gasteiger partial charge in [0.2, 0.25) is 0 Å². The van der Waals surface area contributed by atoms with Crippen molar-refractivity contribution in [1.29, 1.82) is 0 Å². The van der Waals surface area contributed by atoms with Gasteiger partial charge in [0.05, 0.1) is 19.1 Å². The van der Waals surface area contributed by atoms with E-state index in [0.29, 0.717) is 41.9 Å². The van der Waals surface area contributed by atoms with Crippen molar-refractivity contribution in [2.24, 2.45) is 5.92 Å². The highest BCUT2D eigenvalue weighted by Crippen LogP contribution is 2.42. The van der Waals surface area contributed by atoms with Gasteiger partial charge in [0.25, 0.3) is 5.91 Å². The number of hydrogen-bond acceptors (Lipinski definition) is 7. The lowest BCUT2D eigenvalue weighted by molar-refractivity contribution is -0.147. The molecule has 1 aromatic heterocycles. The minimum atomic E-state index is -0.341. The summed E-state index contributed by atoms with van der Waals surface area (Å²) in [5.41, 5.74) is 1.02. The number of likely N-dealkylation sites (tertiary alicyclic amines) is 1. The number of aryl methyl sites for hydroxylation is 1. The van der Waals surface area contributed by atoms with Gasteiger partial charge in [0.1, 0.15) is 11.1 Å². The van der Waals surface area contributed by atoms with Crippen LogP contribution >= 0.6 is 23.4 Å². The lowest BCUT2D eigenvalue weighted by Crippen LogP contribution is -2.44. The zero-order valence-corrected chi connectivity index (χ0v) is 17.2. The Morgan fingerprint density at radius 2 is 1.96 bits per heavy atom. The van der Waals surface area contributed by atoms with E-state index in [0.717, 1.165) is 5.56 Å². The highest BCUT2D eigenvalue weighted by molar-refractivity contribution is 8.00. The zero-order valence-electron chi connectivity index (χ0n) is 15.7. The SMILES string of the molecule is COC(=O)C1CCN(C(c2ccc(Cl)cc2)C2Sc3nc(C)nn3C2=O)CC1. The van der Waals surface area contributed by atoms with Gasteiger partial charge in [-0.1, -0.05) is 35.5 Å². The summed E-state index contributed by atoms with van der Waals surface area (Å²) in [4.78, 5) is 31.6. The fraction of sp³-hybridized carbons (Fsp3) is 0.474. The maximum absolute atomic E-state index is 13.1. The molecule has 148 valence electrons. The molecule has 7 nitrogen and oxygen atoms in total. The van der Waals surface area contributed by atoms with E-state index in [4.69, 9.17) is 16.3 Å². The molecule has 1 aromatic carbocycles. The van der Waals surface area contributed by atoms with Gasteiger partial charge in [-0.3, -0.25) is 14.5 Å². The van der Waals surface area contributed by atoms with Crippen LogP contribution in [0.1, 0.15) is 35.1 Å². The van der Waals surface area contributed by atoms with E-state index in [-0.39, 0.29) is 29.1 Å². The molecule has 0 spiro atoms. The van der Waals surface area contributed by atoms with Crippen LogP contribution in [-0.4, -0.2) is 57.0 Å². The number of piperidine rings is 1. The third kappa shape index (κ3) is 3.56. The van der Waals surface area contributed by atoms with Gasteiger partial charge in [-0.15, -0.1) is 5.10 Å². The van der Waals surface area contributed by atoms with Crippen LogP contribution < -0.4 is 0 Å². The van der Waals surface area contributed by atoms with Gasteiger partial charge in [-0.25, -0.2) is 4.98 Å². The molecule has 1 saturated heterocycles. The molecule has 1 fully saturated rings. The van der Waals surface area contributed by atoms with E-state index in [1.165, 1.54) is 23.6 Å². The zero-order chi connectivity index (χ0) is 19.8. The number of methoxy groups -OCH3 is 1. The van der Waals surface area contributed by atoms with E-state index in [2.05, 4.69) is 15.0 Å². The molecular weight excluding hydrogens is 400 g/mol. The number of carbonyl (C=O) groups excluding carboxylic acids is 2. The highest BCUT2D eigenvalue weighted by Gasteiger charge is 2.44. The number of aromatic nitrogens is 3. The number of carbonyl (C=O) groups is 2. The first-order valence-electron chi connectivity index (χ1n) is 9.20. The molecule has 2 aliphatic rings. The summed E-state index contributed by atoms with van der Waals surface area (Å²) in [5.74, 6) is 0.291. The molecule has 0 bridgehead atoms. The number of benzene rings is 1. The summed E-state index contributed by atoms with van der Waals surface area (Å²) < 4.78 is 6.30. The van der Waals surface area contributed by atoms with E-state index < -0.39 is 0 Å². The lowest BCUT2D eigenvalue weighted by atomic mass is 9.93. The van der Waals surface area contributed by atoms with Gasteiger partial charge in [0.15, 0.2) is 5.16 Å². The van der Waals surface area contributed by atoms with Crippen LogP contribution in [0.2, 0.25) is 5.02 Å². The number of esters is 1. The first-order valence-corrected chi connectivity index (χ1v) is 10.5. The third-order valence-corrected chi connectivity index (χ3v) is 6.76. The molecule has 3 heterocycles. The van der Waals surface area contributed by atoms with E-state index in [9.17, 15) is 9.59 Å². The van der Waals surface area contributed by atoms with Gasteiger partial charge in [-0.2, -0.15) is 4.68 Å². The van der Waals surface area contributed by atoms with Crippen molar-refractivity contribution < 1.29 is 14.3 Å². The molecule has 0 radical (unpaired) electrons. The van der Waals surface area contributed by atoms with Crippen LogP contribution in [0.25, 0.3) is 0 Å². The van der Waals surface area contributed by atoms with Crippen molar-refractivity contribution >= 4 is 35.2 Å². The minimum absolute atomic E-state index is 0.0596. The molecule has 2 unspecified atom stereocenters. The molecule has 4 rings (SSSR count). The summed E-state index contributed by atoms with van der Waals surface area (Å²) in [6.07, 6.45) is 1.43. The fourth-order valence-corrected chi connectivity index (χ4v) is 5.34. The van der Waals surface area contributed by atoms with Crippen LogP contribution in [0, 0.1) is 12.8 Å². The molecular formula is C19H21ClN4O3S. The third-order valence-electron chi connectivity index (χ3n) is 5.32. The van der Waals surface area contributed by atoms with Crippen molar-refractivity contribution in [3.05, 3.63) is 40.7 Å². The van der Waals surface area contributed by atoms with Crippen molar-refractivity contribution in [1.82, 2.24) is 19.7 Å².